The van der Waals surface area contributed by atoms with Crippen LogP contribution in [-0.4, -0.2) is 9.13 Å². The Labute approximate surface area is 227 Å². The lowest BCUT2D eigenvalue weighted by molar-refractivity contribution is 0.510. The maximum Gasteiger partial charge on any atom is 0.0585 e. The summed E-state index contributed by atoms with van der Waals surface area (Å²) in [6.07, 6.45) is 8.99. The van der Waals surface area contributed by atoms with Crippen molar-refractivity contribution in [2.24, 2.45) is 5.92 Å². The maximum absolute atomic E-state index is 2.52. The zero-order chi connectivity index (χ0) is 25.9. The van der Waals surface area contributed by atoms with Gasteiger partial charge in [0.1, 0.15) is 0 Å². The number of hydrogen-bond acceptors (Lipinski definition) is 0. The van der Waals surface area contributed by atoms with Crippen LogP contribution in [0.15, 0.2) is 140 Å². The van der Waals surface area contributed by atoms with Gasteiger partial charge in [0, 0.05) is 38.3 Å². The average molecular weight is 501 g/mol. The molecule has 2 unspecified atom stereocenters. The summed E-state index contributed by atoms with van der Waals surface area (Å²) in [6, 6.07) is 42.5. The van der Waals surface area contributed by atoms with Gasteiger partial charge in [0.15, 0.2) is 0 Å². The Kier molecular flexibility index (Phi) is 4.90. The zero-order valence-electron chi connectivity index (χ0n) is 21.8. The molecule has 1 aliphatic rings. The molecule has 5 aromatic carbocycles. The van der Waals surface area contributed by atoms with Gasteiger partial charge in [-0.05, 0) is 65.6 Å². The molecule has 0 aliphatic heterocycles. The lowest BCUT2D eigenvalue weighted by Crippen LogP contribution is -2.15. The highest BCUT2D eigenvalue weighted by Gasteiger charge is 2.22. The highest BCUT2D eigenvalue weighted by Crippen LogP contribution is 2.39. The van der Waals surface area contributed by atoms with Crippen LogP contribution in [0.3, 0.4) is 0 Å². The molecule has 2 heterocycles. The molecule has 0 amide bonds. The third kappa shape index (κ3) is 3.35. The van der Waals surface area contributed by atoms with Crippen molar-refractivity contribution in [2.45, 2.75) is 13.0 Å². The normalized spacial score (nSPS) is 17.2. The SMILES string of the molecule is CC1C=CC=CC1n1c2ccccc2c2cc(-c3ccc4c(c3)c3ccccc3n4-c3ccccc3)ccc21. The average Bonchev–Trinajstić information content (AvgIpc) is 3.50. The second-order valence-corrected chi connectivity index (χ2v) is 10.7. The molecule has 0 N–H and O–H groups in total. The first-order valence-electron chi connectivity index (χ1n) is 13.7. The topological polar surface area (TPSA) is 9.86 Å². The number of aromatic nitrogens is 2. The van der Waals surface area contributed by atoms with Crippen LogP contribution in [0.1, 0.15) is 13.0 Å². The van der Waals surface area contributed by atoms with Gasteiger partial charge in [-0.15, -0.1) is 0 Å². The lowest BCUT2D eigenvalue weighted by Gasteiger charge is -2.24. The smallest absolute Gasteiger partial charge is 0.0585 e. The quantitative estimate of drug-likeness (QED) is 0.228. The van der Waals surface area contributed by atoms with Crippen molar-refractivity contribution in [3.8, 4) is 16.8 Å². The molecule has 0 fully saturated rings. The predicted octanol–water partition coefficient (Wildman–Crippen LogP) is 9.86. The van der Waals surface area contributed by atoms with Crippen molar-refractivity contribution >= 4 is 43.6 Å². The highest BCUT2D eigenvalue weighted by atomic mass is 15.0. The number of para-hydroxylation sites is 3. The summed E-state index contributed by atoms with van der Waals surface area (Å²) in [5.41, 5.74) is 8.72. The Morgan fingerprint density at radius 2 is 1.03 bits per heavy atom. The minimum Gasteiger partial charge on any atom is -0.333 e. The molecule has 0 spiro atoms. The molecule has 2 atom stereocenters. The number of nitrogens with zero attached hydrogens (tertiary/aromatic N) is 2. The van der Waals surface area contributed by atoms with Crippen LogP contribution in [0, 0.1) is 5.92 Å². The van der Waals surface area contributed by atoms with E-state index in [1.165, 1.54) is 60.4 Å². The van der Waals surface area contributed by atoms with E-state index in [4.69, 9.17) is 0 Å². The standard InChI is InChI=1S/C37H28N2/c1-25-11-5-8-16-33(25)39-35-18-10-7-15-30(35)32-24-27(20-22-37(32)39)26-19-21-36-31(23-26)29-14-6-9-17-34(29)38(36)28-12-3-2-4-13-28/h2-25,33H,1H3. The van der Waals surface area contributed by atoms with E-state index in [9.17, 15) is 0 Å². The number of benzene rings is 5. The van der Waals surface area contributed by atoms with Crippen LogP contribution >= 0.6 is 0 Å². The van der Waals surface area contributed by atoms with Crippen molar-refractivity contribution < 1.29 is 0 Å². The van der Waals surface area contributed by atoms with E-state index in [0.717, 1.165) is 0 Å². The van der Waals surface area contributed by atoms with Gasteiger partial charge in [-0.25, -0.2) is 0 Å². The highest BCUT2D eigenvalue weighted by molar-refractivity contribution is 6.12. The largest absolute Gasteiger partial charge is 0.333 e. The van der Waals surface area contributed by atoms with Crippen LogP contribution in [-0.2, 0) is 0 Å². The van der Waals surface area contributed by atoms with Gasteiger partial charge >= 0.3 is 0 Å². The van der Waals surface area contributed by atoms with E-state index in [0.29, 0.717) is 12.0 Å². The van der Waals surface area contributed by atoms with E-state index in [-0.39, 0.29) is 0 Å². The van der Waals surface area contributed by atoms with Gasteiger partial charge in [-0.3, -0.25) is 0 Å². The van der Waals surface area contributed by atoms with Gasteiger partial charge in [0.2, 0.25) is 0 Å². The van der Waals surface area contributed by atoms with Crippen LogP contribution in [0.4, 0.5) is 0 Å². The first-order valence-corrected chi connectivity index (χ1v) is 13.7. The number of fused-ring (bicyclic) bond motifs is 6. The van der Waals surface area contributed by atoms with Crippen molar-refractivity contribution in [1.29, 1.82) is 0 Å². The zero-order valence-corrected chi connectivity index (χ0v) is 21.8. The Morgan fingerprint density at radius 1 is 0.487 bits per heavy atom. The van der Waals surface area contributed by atoms with Crippen LogP contribution in [0.2, 0.25) is 0 Å². The van der Waals surface area contributed by atoms with Gasteiger partial charge in [0.25, 0.3) is 0 Å². The van der Waals surface area contributed by atoms with E-state index >= 15 is 0 Å². The molecule has 0 radical (unpaired) electrons. The number of allylic oxidation sites excluding steroid dienone is 4. The first kappa shape index (κ1) is 22.2. The first-order chi connectivity index (χ1) is 19.3. The summed E-state index contributed by atoms with van der Waals surface area (Å²) in [6.45, 7) is 2.31. The molecule has 2 aromatic heterocycles. The van der Waals surface area contributed by atoms with E-state index in [1.54, 1.807) is 0 Å². The Bertz CT molecular complexity index is 2090. The molecule has 7 aromatic rings. The number of rotatable bonds is 3. The summed E-state index contributed by atoms with van der Waals surface area (Å²) < 4.78 is 4.90. The predicted molar refractivity (Wildman–Crippen MR) is 166 cm³/mol. The molecule has 1 aliphatic carbocycles. The molecular formula is C37H28N2. The molecule has 2 heteroatoms. The molecule has 2 nitrogen and oxygen atoms in total. The van der Waals surface area contributed by atoms with Crippen molar-refractivity contribution in [3.63, 3.8) is 0 Å². The van der Waals surface area contributed by atoms with Gasteiger partial charge in [-0.2, -0.15) is 0 Å². The van der Waals surface area contributed by atoms with Crippen LogP contribution in [0.5, 0.6) is 0 Å². The van der Waals surface area contributed by atoms with Crippen molar-refractivity contribution in [3.05, 3.63) is 140 Å². The summed E-state index contributed by atoms with van der Waals surface area (Å²) in [4.78, 5) is 0. The third-order valence-electron chi connectivity index (χ3n) is 8.40. The molecule has 0 saturated carbocycles. The minimum atomic E-state index is 0.309. The van der Waals surface area contributed by atoms with Gasteiger partial charge < -0.3 is 9.13 Å². The van der Waals surface area contributed by atoms with E-state index < -0.39 is 0 Å². The van der Waals surface area contributed by atoms with E-state index in [1.807, 2.05) is 0 Å². The fourth-order valence-corrected chi connectivity index (χ4v) is 6.54. The van der Waals surface area contributed by atoms with Crippen molar-refractivity contribution in [2.75, 3.05) is 0 Å². The Hall–Kier alpha value is -4.82. The molecular weight excluding hydrogens is 472 g/mol. The Balaban J connectivity index is 1.34. The molecule has 0 saturated heterocycles. The van der Waals surface area contributed by atoms with Crippen LogP contribution < -0.4 is 0 Å². The maximum atomic E-state index is 2.52. The minimum absolute atomic E-state index is 0.309. The van der Waals surface area contributed by atoms with Gasteiger partial charge in [-0.1, -0.05) is 98.0 Å². The Morgan fingerprint density at radius 3 is 1.77 bits per heavy atom. The van der Waals surface area contributed by atoms with Gasteiger partial charge in [0.05, 0.1) is 17.1 Å². The fourth-order valence-electron chi connectivity index (χ4n) is 6.54. The molecule has 186 valence electrons. The second-order valence-electron chi connectivity index (χ2n) is 10.7. The summed E-state index contributed by atoms with van der Waals surface area (Å²) in [7, 11) is 0. The van der Waals surface area contributed by atoms with Crippen molar-refractivity contribution in [1.82, 2.24) is 9.13 Å². The molecule has 39 heavy (non-hydrogen) atoms. The lowest BCUT2D eigenvalue weighted by atomic mass is 9.96. The molecule has 0 bridgehead atoms. The van der Waals surface area contributed by atoms with E-state index in [2.05, 4.69) is 156 Å². The summed E-state index contributed by atoms with van der Waals surface area (Å²) in [5, 5.41) is 5.18. The summed E-state index contributed by atoms with van der Waals surface area (Å²) >= 11 is 0. The number of hydrogen-bond donors (Lipinski definition) is 0. The van der Waals surface area contributed by atoms with Crippen LogP contribution in [0.25, 0.3) is 60.4 Å². The fraction of sp³-hybridized carbons (Fsp3) is 0.0811. The third-order valence-corrected chi connectivity index (χ3v) is 8.40. The monoisotopic (exact) mass is 500 g/mol. The second kappa shape index (κ2) is 8.61. The summed E-state index contributed by atoms with van der Waals surface area (Å²) in [5.74, 6) is 0.443. The molecule has 8 rings (SSSR count).